The summed E-state index contributed by atoms with van der Waals surface area (Å²) in [6.07, 6.45) is 0.720. The van der Waals surface area contributed by atoms with E-state index in [4.69, 9.17) is 4.74 Å². The number of halogens is 1. The topological polar surface area (TPSA) is 26.3 Å². The Kier molecular flexibility index (Phi) is 3.38. The smallest absolute Gasteiger partial charge is 0.333 e. The maximum absolute atomic E-state index is 11.5. The van der Waals surface area contributed by atoms with Gasteiger partial charge in [0.05, 0.1) is 0 Å². The van der Waals surface area contributed by atoms with E-state index in [1.165, 1.54) is 11.1 Å². The molecule has 0 bridgehead atoms. The van der Waals surface area contributed by atoms with Crippen LogP contribution < -0.4 is 0 Å². The number of hydrogen-bond acceptors (Lipinski definition) is 2. The molecule has 0 amide bonds. The second-order valence-electron chi connectivity index (χ2n) is 4.56. The third-order valence-electron chi connectivity index (χ3n) is 3.18. The SMILES string of the molecule is C=C(C)C(=O)OC1Cc2cc(Br)ccc2C1C. The van der Waals surface area contributed by atoms with Gasteiger partial charge in [0, 0.05) is 22.4 Å². The molecule has 0 heterocycles. The molecule has 2 rings (SSSR count). The summed E-state index contributed by atoms with van der Waals surface area (Å²) in [4.78, 5) is 11.5. The van der Waals surface area contributed by atoms with Gasteiger partial charge < -0.3 is 4.74 Å². The molecule has 1 aliphatic carbocycles. The van der Waals surface area contributed by atoms with Crippen LogP contribution in [0.15, 0.2) is 34.8 Å². The van der Waals surface area contributed by atoms with Crippen molar-refractivity contribution < 1.29 is 9.53 Å². The standard InChI is InChI=1S/C14H15BrO2/c1-8(2)14(16)17-13-7-10-6-11(15)4-5-12(10)9(13)3/h4-6,9,13H,1,7H2,2-3H3. The van der Waals surface area contributed by atoms with E-state index in [0.29, 0.717) is 5.57 Å². The Hall–Kier alpha value is -1.09. The van der Waals surface area contributed by atoms with E-state index in [1.807, 2.05) is 6.07 Å². The highest BCUT2D eigenvalue weighted by Crippen LogP contribution is 2.36. The molecule has 0 saturated carbocycles. The second-order valence-corrected chi connectivity index (χ2v) is 5.48. The first-order valence-corrected chi connectivity index (χ1v) is 6.43. The Labute approximate surface area is 110 Å². The number of fused-ring (bicyclic) bond motifs is 1. The molecule has 1 aromatic rings. The Morgan fingerprint density at radius 2 is 2.24 bits per heavy atom. The Morgan fingerprint density at radius 1 is 1.53 bits per heavy atom. The molecule has 2 unspecified atom stereocenters. The Bertz CT molecular complexity index is 479. The van der Waals surface area contributed by atoms with E-state index in [1.54, 1.807) is 6.92 Å². The number of rotatable bonds is 2. The van der Waals surface area contributed by atoms with Gasteiger partial charge >= 0.3 is 5.97 Å². The largest absolute Gasteiger partial charge is 0.458 e. The number of carbonyl (C=O) groups is 1. The number of hydrogen-bond donors (Lipinski definition) is 0. The summed E-state index contributed by atoms with van der Waals surface area (Å²) in [5.41, 5.74) is 2.98. The normalized spacial score (nSPS) is 22.1. The van der Waals surface area contributed by atoms with Gasteiger partial charge in [-0.2, -0.15) is 0 Å². The van der Waals surface area contributed by atoms with Crippen LogP contribution in [0.3, 0.4) is 0 Å². The molecule has 0 spiro atoms. The van der Waals surface area contributed by atoms with Gasteiger partial charge in [-0.15, -0.1) is 0 Å². The summed E-state index contributed by atoms with van der Waals surface area (Å²) in [6, 6.07) is 6.22. The van der Waals surface area contributed by atoms with Crippen molar-refractivity contribution in [3.05, 3.63) is 46.0 Å². The first kappa shape index (κ1) is 12.4. The van der Waals surface area contributed by atoms with Crippen molar-refractivity contribution in [1.82, 2.24) is 0 Å². The van der Waals surface area contributed by atoms with Crippen molar-refractivity contribution in [3.8, 4) is 0 Å². The van der Waals surface area contributed by atoms with Crippen LogP contribution in [0.2, 0.25) is 0 Å². The first-order chi connectivity index (χ1) is 7.99. The van der Waals surface area contributed by atoms with Gasteiger partial charge in [0.25, 0.3) is 0 Å². The molecular formula is C14H15BrO2. The molecule has 1 aromatic carbocycles. The monoisotopic (exact) mass is 294 g/mol. The molecule has 1 aliphatic rings. The average Bonchev–Trinajstić information content (AvgIpc) is 2.55. The van der Waals surface area contributed by atoms with Gasteiger partial charge in [-0.05, 0) is 30.2 Å². The molecule has 0 N–H and O–H groups in total. The summed E-state index contributed by atoms with van der Waals surface area (Å²) >= 11 is 3.46. The Morgan fingerprint density at radius 3 is 2.88 bits per heavy atom. The van der Waals surface area contributed by atoms with Crippen LogP contribution in [0.4, 0.5) is 0 Å². The van der Waals surface area contributed by atoms with Crippen molar-refractivity contribution in [3.63, 3.8) is 0 Å². The van der Waals surface area contributed by atoms with Crippen molar-refractivity contribution >= 4 is 21.9 Å². The van der Waals surface area contributed by atoms with Crippen LogP contribution in [0.5, 0.6) is 0 Å². The minimum absolute atomic E-state index is 0.0662. The molecule has 0 aromatic heterocycles. The zero-order chi connectivity index (χ0) is 12.6. The highest BCUT2D eigenvalue weighted by Gasteiger charge is 2.32. The van der Waals surface area contributed by atoms with Gasteiger partial charge in [0.1, 0.15) is 6.10 Å². The highest BCUT2D eigenvalue weighted by atomic mass is 79.9. The van der Waals surface area contributed by atoms with Gasteiger partial charge in [-0.25, -0.2) is 4.79 Å². The Balaban J connectivity index is 2.17. The third-order valence-corrected chi connectivity index (χ3v) is 3.67. The predicted molar refractivity (Wildman–Crippen MR) is 71.0 cm³/mol. The van der Waals surface area contributed by atoms with Crippen molar-refractivity contribution in [2.45, 2.75) is 32.3 Å². The summed E-state index contributed by atoms with van der Waals surface area (Å²) in [5, 5.41) is 0. The van der Waals surface area contributed by atoms with Gasteiger partial charge in [0.15, 0.2) is 0 Å². The minimum Gasteiger partial charge on any atom is -0.458 e. The summed E-state index contributed by atoms with van der Waals surface area (Å²) in [5.74, 6) is -0.0462. The van der Waals surface area contributed by atoms with Gasteiger partial charge in [0.2, 0.25) is 0 Å². The predicted octanol–water partition coefficient (Wildman–Crippen LogP) is 3.60. The van der Waals surface area contributed by atoms with Gasteiger partial charge in [-0.1, -0.05) is 35.5 Å². The fourth-order valence-corrected chi connectivity index (χ4v) is 2.58. The lowest BCUT2D eigenvalue weighted by Gasteiger charge is -2.16. The van der Waals surface area contributed by atoms with Crippen molar-refractivity contribution in [1.29, 1.82) is 0 Å². The zero-order valence-electron chi connectivity index (χ0n) is 10.00. The molecule has 90 valence electrons. The molecule has 17 heavy (non-hydrogen) atoms. The lowest BCUT2D eigenvalue weighted by Crippen LogP contribution is -2.21. The van der Waals surface area contributed by atoms with E-state index in [2.05, 4.69) is 41.6 Å². The fourth-order valence-electron chi connectivity index (χ4n) is 2.17. The molecule has 0 fully saturated rings. The maximum Gasteiger partial charge on any atom is 0.333 e. The molecule has 0 saturated heterocycles. The number of carbonyl (C=O) groups excluding carboxylic acids is 1. The van der Waals surface area contributed by atoms with Crippen molar-refractivity contribution in [2.75, 3.05) is 0 Å². The molecule has 2 nitrogen and oxygen atoms in total. The number of esters is 1. The lowest BCUT2D eigenvalue weighted by atomic mass is 10.0. The van der Waals surface area contributed by atoms with Crippen LogP contribution >= 0.6 is 15.9 Å². The van der Waals surface area contributed by atoms with Crippen LogP contribution in [-0.2, 0) is 16.0 Å². The quantitative estimate of drug-likeness (QED) is 0.615. The highest BCUT2D eigenvalue weighted by molar-refractivity contribution is 9.10. The lowest BCUT2D eigenvalue weighted by molar-refractivity contribution is -0.144. The number of benzene rings is 1. The van der Waals surface area contributed by atoms with Crippen molar-refractivity contribution in [2.24, 2.45) is 0 Å². The fraction of sp³-hybridized carbons (Fsp3) is 0.357. The molecule has 3 heteroatoms. The van der Waals surface area contributed by atoms with E-state index in [-0.39, 0.29) is 18.0 Å². The van der Waals surface area contributed by atoms with Crippen LogP contribution in [-0.4, -0.2) is 12.1 Å². The maximum atomic E-state index is 11.5. The second kappa shape index (κ2) is 4.65. The van der Waals surface area contributed by atoms with E-state index in [9.17, 15) is 4.79 Å². The molecular weight excluding hydrogens is 280 g/mol. The summed E-state index contributed by atoms with van der Waals surface area (Å²) < 4.78 is 6.52. The molecule has 0 aliphatic heterocycles. The van der Waals surface area contributed by atoms with Crippen LogP contribution in [0.25, 0.3) is 0 Å². The number of ether oxygens (including phenoxy) is 1. The first-order valence-electron chi connectivity index (χ1n) is 5.64. The minimum atomic E-state index is -0.297. The van der Waals surface area contributed by atoms with E-state index < -0.39 is 0 Å². The summed E-state index contributed by atoms with van der Waals surface area (Å²) in [7, 11) is 0. The van der Waals surface area contributed by atoms with Crippen LogP contribution in [0, 0.1) is 0 Å². The molecule has 0 radical (unpaired) electrons. The van der Waals surface area contributed by atoms with E-state index >= 15 is 0 Å². The zero-order valence-corrected chi connectivity index (χ0v) is 11.6. The third kappa shape index (κ3) is 2.44. The molecule has 2 atom stereocenters. The van der Waals surface area contributed by atoms with Crippen LogP contribution in [0.1, 0.15) is 30.9 Å². The van der Waals surface area contributed by atoms with E-state index in [0.717, 1.165) is 10.9 Å². The summed E-state index contributed by atoms with van der Waals surface area (Å²) in [6.45, 7) is 7.37. The van der Waals surface area contributed by atoms with Gasteiger partial charge in [-0.3, -0.25) is 0 Å². The average molecular weight is 295 g/mol.